The molecule has 0 spiro atoms. The number of rotatable bonds is 5. The molecule has 104 valence electrons. The molecular formula is C12H13N5O3. The van der Waals surface area contributed by atoms with Crippen molar-refractivity contribution >= 4 is 17.6 Å². The molecule has 0 aliphatic rings. The van der Waals surface area contributed by atoms with Crippen LogP contribution < -0.4 is 11.1 Å². The highest BCUT2D eigenvalue weighted by molar-refractivity contribution is 5.91. The van der Waals surface area contributed by atoms with Crippen molar-refractivity contribution < 1.29 is 14.7 Å². The third-order valence-electron chi connectivity index (χ3n) is 2.58. The molecule has 0 saturated heterocycles. The van der Waals surface area contributed by atoms with E-state index in [1.54, 1.807) is 24.3 Å². The highest BCUT2D eigenvalue weighted by atomic mass is 16.4. The van der Waals surface area contributed by atoms with Crippen molar-refractivity contribution in [3.8, 4) is 0 Å². The number of carbonyl (C=O) groups is 2. The van der Waals surface area contributed by atoms with Crippen LogP contribution in [0.4, 0.5) is 5.69 Å². The van der Waals surface area contributed by atoms with Crippen molar-refractivity contribution in [1.82, 2.24) is 15.0 Å². The summed E-state index contributed by atoms with van der Waals surface area (Å²) in [5.74, 6) is -1.56. The fourth-order valence-corrected chi connectivity index (χ4v) is 1.69. The molecule has 0 saturated carbocycles. The fourth-order valence-electron chi connectivity index (χ4n) is 1.69. The van der Waals surface area contributed by atoms with Gasteiger partial charge < -0.3 is 16.2 Å². The molecule has 0 radical (unpaired) electrons. The molecule has 1 heterocycles. The number of anilines is 1. The zero-order valence-corrected chi connectivity index (χ0v) is 10.5. The lowest BCUT2D eigenvalue weighted by Crippen LogP contribution is -2.22. The van der Waals surface area contributed by atoms with Gasteiger partial charge >= 0.3 is 5.97 Å². The van der Waals surface area contributed by atoms with Crippen LogP contribution in [0.25, 0.3) is 0 Å². The highest BCUT2D eigenvalue weighted by Gasteiger charge is 2.19. The van der Waals surface area contributed by atoms with Crippen molar-refractivity contribution in [3.05, 3.63) is 41.7 Å². The minimum Gasteiger partial charge on any atom is -0.476 e. The first kappa shape index (κ1) is 13.7. The number of carbonyl (C=O) groups excluding carboxylic acids is 1. The van der Waals surface area contributed by atoms with Gasteiger partial charge in [0.15, 0.2) is 5.69 Å². The molecule has 20 heavy (non-hydrogen) atoms. The van der Waals surface area contributed by atoms with Gasteiger partial charge in [-0.2, -0.15) is 0 Å². The number of nitrogens with two attached hydrogens (primary N) is 1. The summed E-state index contributed by atoms with van der Waals surface area (Å²) in [6.45, 7) is -0.213. The molecule has 0 atom stereocenters. The Hall–Kier alpha value is -2.74. The summed E-state index contributed by atoms with van der Waals surface area (Å²) < 4.78 is 1.18. The Morgan fingerprint density at radius 2 is 2.00 bits per heavy atom. The molecule has 1 amide bonds. The largest absolute Gasteiger partial charge is 0.476 e. The Balaban J connectivity index is 2.10. The van der Waals surface area contributed by atoms with Gasteiger partial charge in [-0.25, -0.2) is 9.48 Å². The van der Waals surface area contributed by atoms with Gasteiger partial charge in [-0.15, -0.1) is 5.10 Å². The predicted octanol–water partition coefficient (Wildman–Crippen LogP) is 0.0737. The van der Waals surface area contributed by atoms with E-state index in [4.69, 9.17) is 10.8 Å². The number of carboxylic acid groups (broad SMARTS) is 1. The second kappa shape index (κ2) is 5.93. The van der Waals surface area contributed by atoms with E-state index in [0.29, 0.717) is 5.69 Å². The number of hydrogen-bond acceptors (Lipinski definition) is 5. The highest BCUT2D eigenvalue weighted by Crippen LogP contribution is 2.07. The molecule has 4 N–H and O–H groups in total. The fraction of sp³-hybridized carbons (Fsp3) is 0.167. The van der Waals surface area contributed by atoms with E-state index in [1.165, 1.54) is 4.68 Å². The monoisotopic (exact) mass is 275 g/mol. The molecule has 1 aromatic heterocycles. The summed E-state index contributed by atoms with van der Waals surface area (Å²) in [5.41, 5.74) is 6.08. The van der Waals surface area contributed by atoms with Crippen molar-refractivity contribution in [2.45, 2.75) is 13.1 Å². The van der Waals surface area contributed by atoms with Crippen molar-refractivity contribution in [1.29, 1.82) is 0 Å². The van der Waals surface area contributed by atoms with E-state index in [-0.39, 0.29) is 30.4 Å². The van der Waals surface area contributed by atoms with Gasteiger partial charge in [-0.3, -0.25) is 4.79 Å². The Bertz CT molecular complexity index is 623. The average molecular weight is 275 g/mol. The van der Waals surface area contributed by atoms with Crippen molar-refractivity contribution in [3.63, 3.8) is 0 Å². The van der Waals surface area contributed by atoms with Gasteiger partial charge in [0.2, 0.25) is 5.91 Å². The molecular weight excluding hydrogens is 262 g/mol. The molecule has 0 bridgehead atoms. The van der Waals surface area contributed by atoms with Gasteiger partial charge in [0.1, 0.15) is 6.54 Å². The van der Waals surface area contributed by atoms with Crippen LogP contribution in [0.3, 0.4) is 0 Å². The summed E-state index contributed by atoms with van der Waals surface area (Å²) in [6, 6.07) is 8.90. The van der Waals surface area contributed by atoms with E-state index in [1.807, 2.05) is 6.07 Å². The summed E-state index contributed by atoms with van der Waals surface area (Å²) >= 11 is 0. The molecule has 2 rings (SSSR count). The number of aromatic nitrogens is 3. The number of nitrogens with zero attached hydrogens (tertiary/aromatic N) is 3. The Morgan fingerprint density at radius 1 is 1.30 bits per heavy atom. The topological polar surface area (TPSA) is 123 Å². The van der Waals surface area contributed by atoms with Crippen LogP contribution in [-0.2, 0) is 17.9 Å². The molecule has 0 fully saturated rings. The minimum absolute atomic E-state index is 0.0623. The zero-order chi connectivity index (χ0) is 14.5. The van der Waals surface area contributed by atoms with Gasteiger partial charge in [0.05, 0.1) is 5.69 Å². The number of nitrogens with one attached hydrogen (secondary N) is 1. The molecule has 0 unspecified atom stereocenters. The predicted molar refractivity (Wildman–Crippen MR) is 69.9 cm³/mol. The summed E-state index contributed by atoms with van der Waals surface area (Å²) in [6.07, 6.45) is 0. The zero-order valence-electron chi connectivity index (χ0n) is 10.5. The lowest BCUT2D eigenvalue weighted by Gasteiger charge is -2.06. The molecule has 0 aliphatic carbocycles. The first-order chi connectivity index (χ1) is 9.61. The number of amides is 1. The van der Waals surface area contributed by atoms with Crippen LogP contribution in [0.2, 0.25) is 0 Å². The van der Waals surface area contributed by atoms with Crippen LogP contribution >= 0.6 is 0 Å². The number of para-hydroxylation sites is 1. The van der Waals surface area contributed by atoms with Crippen molar-refractivity contribution in [2.24, 2.45) is 5.73 Å². The number of hydrogen-bond donors (Lipinski definition) is 3. The Kier molecular flexibility index (Phi) is 4.06. The lowest BCUT2D eigenvalue weighted by atomic mass is 10.3. The van der Waals surface area contributed by atoms with Crippen LogP contribution in [0.15, 0.2) is 30.3 Å². The normalized spacial score (nSPS) is 10.2. The summed E-state index contributed by atoms with van der Waals surface area (Å²) in [4.78, 5) is 22.7. The molecule has 8 nitrogen and oxygen atoms in total. The Morgan fingerprint density at radius 3 is 2.60 bits per heavy atom. The van der Waals surface area contributed by atoms with E-state index in [9.17, 15) is 9.59 Å². The van der Waals surface area contributed by atoms with Crippen molar-refractivity contribution in [2.75, 3.05) is 5.32 Å². The van der Waals surface area contributed by atoms with Gasteiger partial charge in [-0.05, 0) is 12.1 Å². The van der Waals surface area contributed by atoms with E-state index in [2.05, 4.69) is 15.6 Å². The average Bonchev–Trinajstić information content (AvgIpc) is 2.82. The number of carboxylic acids is 1. The van der Waals surface area contributed by atoms with Crippen LogP contribution in [-0.4, -0.2) is 32.0 Å². The second-order valence-electron chi connectivity index (χ2n) is 3.97. The third kappa shape index (κ3) is 2.98. The molecule has 2 aromatic rings. The van der Waals surface area contributed by atoms with Gasteiger partial charge in [0.25, 0.3) is 0 Å². The van der Waals surface area contributed by atoms with Gasteiger partial charge in [-0.1, -0.05) is 23.4 Å². The van der Waals surface area contributed by atoms with E-state index in [0.717, 1.165) is 0 Å². The van der Waals surface area contributed by atoms with Gasteiger partial charge in [0, 0.05) is 12.2 Å². The first-order valence-electron chi connectivity index (χ1n) is 5.82. The first-order valence-corrected chi connectivity index (χ1v) is 5.82. The smallest absolute Gasteiger partial charge is 0.358 e. The quantitative estimate of drug-likeness (QED) is 0.709. The molecule has 0 aliphatic heterocycles. The van der Waals surface area contributed by atoms with Crippen LogP contribution in [0, 0.1) is 0 Å². The number of benzene rings is 1. The second-order valence-corrected chi connectivity index (χ2v) is 3.97. The minimum atomic E-state index is -1.22. The number of aromatic carboxylic acids is 1. The summed E-state index contributed by atoms with van der Waals surface area (Å²) in [7, 11) is 0. The Labute approximate surface area is 114 Å². The van der Waals surface area contributed by atoms with Crippen LogP contribution in [0.5, 0.6) is 0 Å². The van der Waals surface area contributed by atoms with E-state index >= 15 is 0 Å². The SMILES string of the molecule is NCc1c(C(=O)O)nnn1CC(=O)Nc1ccccc1. The maximum absolute atomic E-state index is 11.8. The third-order valence-corrected chi connectivity index (χ3v) is 2.58. The molecule has 1 aromatic carbocycles. The van der Waals surface area contributed by atoms with Crippen LogP contribution in [0.1, 0.15) is 16.2 Å². The maximum atomic E-state index is 11.8. The summed E-state index contributed by atoms with van der Waals surface area (Å²) in [5, 5.41) is 18.7. The lowest BCUT2D eigenvalue weighted by molar-refractivity contribution is -0.117. The van der Waals surface area contributed by atoms with E-state index < -0.39 is 5.97 Å². The molecule has 8 heteroatoms. The maximum Gasteiger partial charge on any atom is 0.358 e. The standard InChI is InChI=1S/C12H13N5O3/c13-6-9-11(12(19)20)15-16-17(9)7-10(18)14-8-4-2-1-3-5-8/h1-5H,6-7,13H2,(H,14,18)(H,19,20).